The predicted octanol–water partition coefficient (Wildman–Crippen LogP) is 2.14. The van der Waals surface area contributed by atoms with Gasteiger partial charge in [0.1, 0.15) is 5.60 Å². The van der Waals surface area contributed by atoms with E-state index in [9.17, 15) is 14.9 Å². The van der Waals surface area contributed by atoms with Crippen LogP contribution in [0.2, 0.25) is 0 Å². The molecule has 1 amide bonds. The van der Waals surface area contributed by atoms with Gasteiger partial charge in [-0.3, -0.25) is 0 Å². The van der Waals surface area contributed by atoms with Crippen LogP contribution in [-0.2, 0) is 9.39 Å². The van der Waals surface area contributed by atoms with Gasteiger partial charge in [-0.05, 0) is 60.4 Å². The maximum Gasteiger partial charge on any atom is 0.487 e. The fourth-order valence-electron chi connectivity index (χ4n) is 1.90. The molecule has 1 aliphatic heterocycles. The second-order valence-electron chi connectivity index (χ2n) is 7.99. The van der Waals surface area contributed by atoms with E-state index in [1.54, 1.807) is 38.7 Å². The average molecular weight is 327 g/mol. The van der Waals surface area contributed by atoms with E-state index in [0.29, 0.717) is 25.0 Å². The lowest BCUT2D eigenvalue weighted by molar-refractivity contribution is -0.0990. The van der Waals surface area contributed by atoms with Crippen molar-refractivity contribution in [2.24, 2.45) is 0 Å². The molecule has 0 radical (unpaired) electrons. The number of hydrogen-bond donors (Lipinski definition) is 2. The molecule has 0 atom stereocenters. The van der Waals surface area contributed by atoms with E-state index >= 15 is 0 Å². The van der Waals surface area contributed by atoms with Gasteiger partial charge in [-0.15, -0.1) is 0 Å². The number of carbonyl (C=O) groups excluding carboxylic acids is 1. The highest BCUT2D eigenvalue weighted by Crippen LogP contribution is 2.27. The van der Waals surface area contributed by atoms with Gasteiger partial charge in [0.05, 0.1) is 11.2 Å². The molecule has 0 bridgehead atoms. The lowest BCUT2D eigenvalue weighted by Gasteiger charge is -2.39. The zero-order valence-electron chi connectivity index (χ0n) is 15.3. The lowest BCUT2D eigenvalue weighted by atomic mass is 9.73. The molecule has 0 saturated carbocycles. The topological polar surface area (TPSA) is 79.2 Å². The van der Waals surface area contributed by atoms with Crippen LogP contribution < -0.4 is 0 Å². The smallest absolute Gasteiger partial charge is 0.444 e. The van der Waals surface area contributed by atoms with Gasteiger partial charge < -0.3 is 24.4 Å². The van der Waals surface area contributed by atoms with Gasteiger partial charge in [0.25, 0.3) is 0 Å². The number of nitrogens with zero attached hydrogens (tertiary/aromatic N) is 1. The molecular weight excluding hydrogens is 297 g/mol. The number of aliphatic hydroxyl groups is 1. The largest absolute Gasteiger partial charge is 0.487 e. The van der Waals surface area contributed by atoms with Gasteiger partial charge in [0, 0.05) is 13.1 Å². The lowest BCUT2D eigenvalue weighted by Crippen LogP contribution is -2.51. The van der Waals surface area contributed by atoms with E-state index in [-0.39, 0.29) is 6.09 Å². The van der Waals surface area contributed by atoms with Crippen molar-refractivity contribution in [3.05, 3.63) is 11.5 Å². The van der Waals surface area contributed by atoms with Crippen LogP contribution in [0.4, 0.5) is 4.79 Å². The molecule has 0 fully saturated rings. The molecule has 132 valence electrons. The second-order valence-corrected chi connectivity index (χ2v) is 7.99. The quantitative estimate of drug-likeness (QED) is 0.774. The first-order valence-corrected chi connectivity index (χ1v) is 7.98. The third-order valence-corrected chi connectivity index (χ3v) is 4.09. The number of amides is 1. The summed E-state index contributed by atoms with van der Waals surface area (Å²) < 4.78 is 10.9. The molecule has 1 heterocycles. The van der Waals surface area contributed by atoms with Gasteiger partial charge in [-0.2, -0.15) is 0 Å². The molecule has 0 saturated heterocycles. The molecule has 0 aliphatic carbocycles. The van der Waals surface area contributed by atoms with Gasteiger partial charge >= 0.3 is 13.2 Å². The summed E-state index contributed by atoms with van der Waals surface area (Å²) in [6.45, 7) is 13.0. The van der Waals surface area contributed by atoms with E-state index in [1.807, 2.05) is 20.8 Å². The van der Waals surface area contributed by atoms with Gasteiger partial charge in [-0.25, -0.2) is 4.79 Å². The Hall–Kier alpha value is -1.05. The van der Waals surface area contributed by atoms with Crippen molar-refractivity contribution in [3.63, 3.8) is 0 Å². The third kappa shape index (κ3) is 5.82. The summed E-state index contributed by atoms with van der Waals surface area (Å²) in [6, 6.07) is 0. The average Bonchev–Trinajstić information content (AvgIpc) is 2.35. The number of rotatable bonds is 4. The Morgan fingerprint density at radius 1 is 1.22 bits per heavy atom. The van der Waals surface area contributed by atoms with Crippen LogP contribution in [0.5, 0.6) is 0 Å². The van der Waals surface area contributed by atoms with Crippen molar-refractivity contribution < 1.29 is 24.3 Å². The number of hydrogen-bond acceptors (Lipinski definition) is 5. The Balaban J connectivity index is 2.64. The zero-order valence-corrected chi connectivity index (χ0v) is 15.3. The Labute approximate surface area is 139 Å². The Morgan fingerprint density at radius 2 is 1.78 bits per heavy atom. The van der Waals surface area contributed by atoms with Crippen molar-refractivity contribution in [2.45, 2.75) is 71.7 Å². The van der Waals surface area contributed by atoms with Crippen LogP contribution in [0, 0.1) is 0 Å². The first kappa shape index (κ1) is 20.0. The molecule has 0 spiro atoms. The maximum atomic E-state index is 12.0. The summed E-state index contributed by atoms with van der Waals surface area (Å²) >= 11 is 0. The van der Waals surface area contributed by atoms with Crippen LogP contribution in [0.1, 0.15) is 54.9 Å². The minimum atomic E-state index is -1.10. The minimum absolute atomic E-state index is 0.361. The normalized spacial score (nSPS) is 16.9. The maximum absolute atomic E-state index is 12.0. The Kier molecular flexibility index (Phi) is 5.94. The molecule has 6 nitrogen and oxygen atoms in total. The van der Waals surface area contributed by atoms with E-state index in [4.69, 9.17) is 9.39 Å². The van der Waals surface area contributed by atoms with Gasteiger partial charge in [0.2, 0.25) is 0 Å². The van der Waals surface area contributed by atoms with Crippen molar-refractivity contribution in [1.29, 1.82) is 0 Å². The molecule has 0 unspecified atom stereocenters. The molecule has 23 heavy (non-hydrogen) atoms. The van der Waals surface area contributed by atoms with Crippen LogP contribution in [0.25, 0.3) is 0 Å². The molecule has 0 aromatic carbocycles. The third-order valence-electron chi connectivity index (χ3n) is 4.09. The first-order valence-electron chi connectivity index (χ1n) is 7.98. The Bertz CT molecular complexity index is 462. The van der Waals surface area contributed by atoms with Crippen molar-refractivity contribution in [1.82, 2.24) is 4.90 Å². The molecular formula is C16H30BNO5. The van der Waals surface area contributed by atoms with Crippen LogP contribution in [0.15, 0.2) is 11.5 Å². The molecule has 0 aromatic heterocycles. The number of ether oxygens (including phenoxy) is 1. The van der Waals surface area contributed by atoms with E-state index in [0.717, 1.165) is 0 Å². The summed E-state index contributed by atoms with van der Waals surface area (Å²) in [7, 11) is -1.10. The summed E-state index contributed by atoms with van der Waals surface area (Å²) in [6.07, 6.45) is 1.92. The van der Waals surface area contributed by atoms with Crippen molar-refractivity contribution >= 4 is 13.2 Å². The monoisotopic (exact) mass is 327 g/mol. The minimum Gasteiger partial charge on any atom is -0.444 e. The fraction of sp³-hybridized carbons (Fsp3) is 0.812. The zero-order chi connectivity index (χ0) is 18.1. The summed E-state index contributed by atoms with van der Waals surface area (Å²) in [5.74, 6) is 0. The highest BCUT2D eigenvalue weighted by molar-refractivity contribution is 6.52. The summed E-state index contributed by atoms with van der Waals surface area (Å²) in [5.41, 5.74) is -1.82. The van der Waals surface area contributed by atoms with E-state index < -0.39 is 23.9 Å². The molecule has 0 aromatic rings. The van der Waals surface area contributed by atoms with Crippen LogP contribution in [0.3, 0.4) is 0 Å². The fourth-order valence-corrected chi connectivity index (χ4v) is 1.90. The molecule has 1 rings (SSSR count). The van der Waals surface area contributed by atoms with Crippen LogP contribution in [-0.4, -0.2) is 58.1 Å². The molecule has 7 heteroatoms. The van der Waals surface area contributed by atoms with E-state index in [1.165, 1.54) is 0 Å². The van der Waals surface area contributed by atoms with Crippen molar-refractivity contribution in [2.75, 3.05) is 13.1 Å². The summed E-state index contributed by atoms with van der Waals surface area (Å²) in [4.78, 5) is 13.6. The standard InChI is InChI=1S/C16H30BNO5/c1-14(2,3)22-13(19)18-10-8-12(9-11-18)17(21)23-16(6,7)15(4,5)20/h8,20-21H,9-11H2,1-7H3. The summed E-state index contributed by atoms with van der Waals surface area (Å²) in [5, 5.41) is 20.3. The van der Waals surface area contributed by atoms with Crippen LogP contribution >= 0.6 is 0 Å². The highest BCUT2D eigenvalue weighted by atomic mass is 16.6. The van der Waals surface area contributed by atoms with Gasteiger partial charge in [0.15, 0.2) is 0 Å². The number of carbonyl (C=O) groups is 1. The van der Waals surface area contributed by atoms with Gasteiger partial charge in [-0.1, -0.05) is 6.08 Å². The Morgan fingerprint density at radius 3 is 2.17 bits per heavy atom. The molecule has 2 N–H and O–H groups in total. The SMILES string of the molecule is CC(C)(C)OC(=O)N1CC=C(B(O)OC(C)(C)C(C)(C)O)CC1. The second kappa shape index (κ2) is 6.83. The van der Waals surface area contributed by atoms with E-state index in [2.05, 4.69) is 0 Å². The predicted molar refractivity (Wildman–Crippen MR) is 89.9 cm³/mol. The van der Waals surface area contributed by atoms with Crippen molar-refractivity contribution in [3.8, 4) is 0 Å². The highest BCUT2D eigenvalue weighted by Gasteiger charge is 2.40. The first-order chi connectivity index (χ1) is 10.2. The molecule has 1 aliphatic rings.